The Morgan fingerprint density at radius 2 is 2.00 bits per heavy atom. The normalized spacial score (nSPS) is 9.83. The summed E-state index contributed by atoms with van der Waals surface area (Å²) in [6.07, 6.45) is 5.31. The van der Waals surface area contributed by atoms with E-state index in [0.29, 0.717) is 13.1 Å². The first-order valence-electron chi connectivity index (χ1n) is 4.72. The molecule has 0 aromatic carbocycles. The van der Waals surface area contributed by atoms with Gasteiger partial charge in [-0.3, -0.25) is 4.79 Å². The topological polar surface area (TPSA) is 41.1 Å². The molecule has 0 saturated heterocycles. The second kappa shape index (κ2) is 8.53. The smallest absolute Gasteiger partial charge is 0.220 e. The van der Waals surface area contributed by atoms with E-state index in [0.717, 1.165) is 6.42 Å². The number of carbonyl (C=O) groups excluding carboxylic acids is 1. The van der Waals surface area contributed by atoms with E-state index in [1.165, 1.54) is 19.3 Å². The van der Waals surface area contributed by atoms with Crippen LogP contribution in [0.5, 0.6) is 0 Å². The molecule has 3 heteroatoms. The minimum absolute atomic E-state index is 0.153. The minimum Gasteiger partial charge on any atom is -0.344 e. The molecule has 0 saturated carbocycles. The fourth-order valence-electron chi connectivity index (χ4n) is 0.988. The molecule has 0 rings (SSSR count). The highest BCUT2D eigenvalue weighted by atomic mass is 16.1. The molecule has 0 unspecified atom stereocenters. The van der Waals surface area contributed by atoms with Crippen molar-refractivity contribution < 1.29 is 4.79 Å². The van der Waals surface area contributed by atoms with E-state index < -0.39 is 0 Å². The van der Waals surface area contributed by atoms with Gasteiger partial charge in [-0.25, -0.2) is 0 Å². The maximum Gasteiger partial charge on any atom is 0.220 e. The molecule has 0 radical (unpaired) electrons. The highest BCUT2D eigenvalue weighted by Crippen LogP contribution is 2.01. The zero-order valence-corrected chi connectivity index (χ0v) is 8.15. The monoisotopic (exact) mass is 172 g/mol. The number of carbonyl (C=O) groups is 1. The minimum atomic E-state index is 0.153. The van der Waals surface area contributed by atoms with Gasteiger partial charge in [0.15, 0.2) is 0 Å². The summed E-state index contributed by atoms with van der Waals surface area (Å²) < 4.78 is 0. The van der Waals surface area contributed by atoms with Gasteiger partial charge in [-0.2, -0.15) is 0 Å². The first-order chi connectivity index (χ1) is 5.81. The van der Waals surface area contributed by atoms with Crippen LogP contribution in [0.25, 0.3) is 0 Å². The first kappa shape index (κ1) is 11.4. The molecule has 0 aliphatic heterocycles. The molecule has 0 atom stereocenters. The van der Waals surface area contributed by atoms with Gasteiger partial charge in [-0.1, -0.05) is 26.2 Å². The maximum absolute atomic E-state index is 11.0. The van der Waals surface area contributed by atoms with Crippen LogP contribution in [0.4, 0.5) is 0 Å². The fourth-order valence-corrected chi connectivity index (χ4v) is 0.988. The van der Waals surface area contributed by atoms with E-state index in [2.05, 4.69) is 17.6 Å². The molecule has 1 amide bonds. The molecule has 72 valence electrons. The average molecular weight is 172 g/mol. The van der Waals surface area contributed by atoms with E-state index in [1.54, 1.807) is 0 Å². The second-order valence-corrected chi connectivity index (χ2v) is 2.94. The van der Waals surface area contributed by atoms with Gasteiger partial charge in [-0.05, 0) is 13.5 Å². The predicted molar refractivity (Wildman–Crippen MR) is 50.8 cm³/mol. The highest BCUT2D eigenvalue weighted by molar-refractivity contribution is 5.75. The number of nitrogens with one attached hydrogen (secondary N) is 2. The molecule has 0 aromatic rings. The van der Waals surface area contributed by atoms with Crippen molar-refractivity contribution in [3.8, 4) is 0 Å². The molecule has 0 aliphatic carbocycles. The largest absolute Gasteiger partial charge is 0.344 e. The van der Waals surface area contributed by atoms with Crippen LogP contribution < -0.4 is 10.6 Å². The summed E-state index contributed by atoms with van der Waals surface area (Å²) in [6.45, 7) is 2.74. The van der Waals surface area contributed by atoms with E-state index in [-0.39, 0.29) is 5.91 Å². The third kappa shape index (κ3) is 7.54. The van der Waals surface area contributed by atoms with Crippen LogP contribution >= 0.6 is 0 Å². The van der Waals surface area contributed by atoms with E-state index >= 15 is 0 Å². The second-order valence-electron chi connectivity index (χ2n) is 2.94. The van der Waals surface area contributed by atoms with Gasteiger partial charge in [-0.15, -0.1) is 0 Å². The van der Waals surface area contributed by atoms with E-state index in [9.17, 15) is 4.79 Å². The van der Waals surface area contributed by atoms with Gasteiger partial charge >= 0.3 is 0 Å². The molecule has 12 heavy (non-hydrogen) atoms. The lowest BCUT2D eigenvalue weighted by molar-refractivity contribution is -0.121. The molecular formula is C9H20N2O. The lowest BCUT2D eigenvalue weighted by Gasteiger charge is -2.02. The molecule has 0 aromatic heterocycles. The lowest BCUT2D eigenvalue weighted by atomic mass is 10.1. The van der Waals surface area contributed by atoms with Crippen LogP contribution in [0.2, 0.25) is 0 Å². The van der Waals surface area contributed by atoms with Crippen molar-refractivity contribution in [2.75, 3.05) is 13.7 Å². The molecule has 3 nitrogen and oxygen atoms in total. The van der Waals surface area contributed by atoms with Gasteiger partial charge in [0.1, 0.15) is 0 Å². The summed E-state index contributed by atoms with van der Waals surface area (Å²) in [5.74, 6) is 0.153. The van der Waals surface area contributed by atoms with E-state index in [4.69, 9.17) is 0 Å². The Hall–Kier alpha value is -0.570. The Morgan fingerprint density at radius 1 is 1.25 bits per heavy atom. The highest BCUT2D eigenvalue weighted by Gasteiger charge is 1.97. The van der Waals surface area contributed by atoms with Crippen LogP contribution in [0.15, 0.2) is 0 Å². The Morgan fingerprint density at radius 3 is 2.58 bits per heavy atom. The Kier molecular flexibility index (Phi) is 8.12. The Bertz CT molecular complexity index is 115. The standard InChI is InChI=1S/C9H20N2O/c1-3-4-5-6-7-9(12)11-8-10-2/h10H,3-8H2,1-2H3,(H,11,12). The summed E-state index contributed by atoms with van der Waals surface area (Å²) in [5, 5.41) is 5.63. The van der Waals surface area contributed by atoms with Crippen LogP contribution in [-0.2, 0) is 4.79 Å². The van der Waals surface area contributed by atoms with Gasteiger partial charge < -0.3 is 10.6 Å². The van der Waals surface area contributed by atoms with Crippen molar-refractivity contribution in [3.05, 3.63) is 0 Å². The van der Waals surface area contributed by atoms with Crippen molar-refractivity contribution in [3.63, 3.8) is 0 Å². The summed E-state index contributed by atoms with van der Waals surface area (Å²) in [4.78, 5) is 11.0. The molecule has 2 N–H and O–H groups in total. The molecular weight excluding hydrogens is 152 g/mol. The third-order valence-corrected chi connectivity index (χ3v) is 1.72. The van der Waals surface area contributed by atoms with Crippen molar-refractivity contribution in [1.82, 2.24) is 10.6 Å². The number of unbranched alkanes of at least 4 members (excludes halogenated alkanes) is 3. The summed E-state index contributed by atoms with van der Waals surface area (Å²) in [5.41, 5.74) is 0. The van der Waals surface area contributed by atoms with Crippen molar-refractivity contribution in [2.24, 2.45) is 0 Å². The average Bonchev–Trinajstić information content (AvgIpc) is 2.09. The maximum atomic E-state index is 11.0. The zero-order chi connectivity index (χ0) is 9.23. The number of hydrogen-bond acceptors (Lipinski definition) is 2. The SMILES string of the molecule is CCCCCCC(=O)NCNC. The number of hydrogen-bond donors (Lipinski definition) is 2. The van der Waals surface area contributed by atoms with Gasteiger partial charge in [0, 0.05) is 6.42 Å². The third-order valence-electron chi connectivity index (χ3n) is 1.72. The quantitative estimate of drug-likeness (QED) is 0.448. The molecule has 0 bridgehead atoms. The predicted octanol–water partition coefficient (Wildman–Crippen LogP) is 1.25. The Labute approximate surface area is 74.9 Å². The Balaban J connectivity index is 3.08. The van der Waals surface area contributed by atoms with Gasteiger partial charge in [0.05, 0.1) is 6.67 Å². The molecule has 0 aliphatic rings. The van der Waals surface area contributed by atoms with Gasteiger partial charge in [0.2, 0.25) is 5.91 Å². The molecule has 0 fully saturated rings. The summed E-state index contributed by atoms with van der Waals surface area (Å²) in [6, 6.07) is 0. The van der Waals surface area contributed by atoms with Gasteiger partial charge in [0.25, 0.3) is 0 Å². The number of amides is 1. The fraction of sp³-hybridized carbons (Fsp3) is 0.889. The number of rotatable bonds is 7. The summed E-state index contributed by atoms with van der Waals surface area (Å²) in [7, 11) is 1.82. The lowest BCUT2D eigenvalue weighted by Crippen LogP contribution is -2.31. The van der Waals surface area contributed by atoms with E-state index in [1.807, 2.05) is 7.05 Å². The summed E-state index contributed by atoms with van der Waals surface area (Å²) >= 11 is 0. The zero-order valence-electron chi connectivity index (χ0n) is 8.15. The van der Waals surface area contributed by atoms with Crippen molar-refractivity contribution >= 4 is 5.91 Å². The van der Waals surface area contributed by atoms with Crippen LogP contribution in [0, 0.1) is 0 Å². The van der Waals surface area contributed by atoms with Crippen molar-refractivity contribution in [2.45, 2.75) is 39.0 Å². The van der Waals surface area contributed by atoms with Crippen molar-refractivity contribution in [1.29, 1.82) is 0 Å². The molecule has 0 heterocycles. The van der Waals surface area contributed by atoms with Crippen LogP contribution in [0.3, 0.4) is 0 Å². The molecule has 0 spiro atoms. The van der Waals surface area contributed by atoms with Crippen LogP contribution in [0.1, 0.15) is 39.0 Å². The first-order valence-corrected chi connectivity index (χ1v) is 4.72. The van der Waals surface area contributed by atoms with Crippen LogP contribution in [-0.4, -0.2) is 19.6 Å².